The van der Waals surface area contributed by atoms with Gasteiger partial charge in [-0.1, -0.05) is 11.6 Å². The summed E-state index contributed by atoms with van der Waals surface area (Å²) in [6, 6.07) is 0.756. The van der Waals surface area contributed by atoms with Crippen molar-refractivity contribution in [1.29, 1.82) is 0 Å². The summed E-state index contributed by atoms with van der Waals surface area (Å²) in [4.78, 5) is 0. The number of phenolic OH excluding ortho intramolecular Hbond substituents is 1. The van der Waals surface area contributed by atoms with E-state index in [-0.39, 0.29) is 17.0 Å². The maximum atomic E-state index is 13.4. The fourth-order valence-corrected chi connectivity index (χ4v) is 1.70. The minimum absolute atomic E-state index is 0.113. The molecule has 0 spiro atoms. The third kappa shape index (κ3) is 1.92. The summed E-state index contributed by atoms with van der Waals surface area (Å²) in [5.41, 5.74) is 5.14. The third-order valence-corrected chi connectivity index (χ3v) is 2.95. The summed E-state index contributed by atoms with van der Waals surface area (Å²) in [5, 5.41) is 9.31. The van der Waals surface area contributed by atoms with E-state index in [2.05, 4.69) is 0 Å². The number of halogens is 3. The zero-order chi connectivity index (χ0) is 11.2. The maximum Gasteiger partial charge on any atom is 0.165 e. The van der Waals surface area contributed by atoms with Crippen molar-refractivity contribution < 1.29 is 13.9 Å². The SMILES string of the molecule is NC1(Cc2c(O)c(Cl)cc(F)c2F)CC1. The lowest BCUT2D eigenvalue weighted by atomic mass is 10.0. The Morgan fingerprint density at radius 1 is 1.47 bits per heavy atom. The average Bonchev–Trinajstić information content (AvgIpc) is 2.89. The summed E-state index contributed by atoms with van der Waals surface area (Å²) in [5.74, 6) is -2.53. The van der Waals surface area contributed by atoms with Crippen molar-refractivity contribution in [1.82, 2.24) is 0 Å². The molecule has 0 bridgehead atoms. The Bertz CT molecular complexity index is 392. The Morgan fingerprint density at radius 2 is 2.07 bits per heavy atom. The predicted molar refractivity (Wildman–Crippen MR) is 52.9 cm³/mol. The maximum absolute atomic E-state index is 13.4. The topological polar surface area (TPSA) is 46.2 Å². The van der Waals surface area contributed by atoms with Crippen molar-refractivity contribution in [2.75, 3.05) is 0 Å². The highest BCUT2D eigenvalue weighted by Crippen LogP contribution is 2.40. The minimum Gasteiger partial charge on any atom is -0.506 e. The summed E-state index contributed by atoms with van der Waals surface area (Å²) in [7, 11) is 0. The van der Waals surface area contributed by atoms with Gasteiger partial charge in [0.1, 0.15) is 5.75 Å². The second-order valence-electron chi connectivity index (χ2n) is 4.02. The first kappa shape index (κ1) is 10.6. The lowest BCUT2D eigenvalue weighted by molar-refractivity contribution is 0.435. The first-order valence-electron chi connectivity index (χ1n) is 4.57. The third-order valence-electron chi connectivity index (χ3n) is 2.66. The molecule has 0 saturated heterocycles. The number of hydrogen-bond donors (Lipinski definition) is 2. The van der Waals surface area contributed by atoms with Crippen LogP contribution in [0.5, 0.6) is 5.75 Å². The summed E-state index contributed by atoms with van der Waals surface area (Å²) in [6.07, 6.45) is 1.61. The van der Waals surface area contributed by atoms with Crippen LogP contribution in [0.15, 0.2) is 6.07 Å². The van der Waals surface area contributed by atoms with E-state index in [0.717, 1.165) is 18.9 Å². The van der Waals surface area contributed by atoms with Crippen LogP contribution < -0.4 is 5.73 Å². The van der Waals surface area contributed by atoms with Crippen LogP contribution in [0.2, 0.25) is 5.02 Å². The summed E-state index contributed by atoms with van der Waals surface area (Å²) in [6.45, 7) is 0. The highest BCUT2D eigenvalue weighted by Gasteiger charge is 2.40. The standard InChI is InChI=1S/C10H10ClF2NO/c11-6-3-7(12)8(13)5(9(6)15)4-10(14)1-2-10/h3,15H,1-2,4,14H2. The summed E-state index contributed by atoms with van der Waals surface area (Å²) >= 11 is 5.54. The Balaban J connectivity index is 2.44. The molecule has 0 unspecified atom stereocenters. The van der Waals surface area contributed by atoms with Crippen LogP contribution in [0.1, 0.15) is 18.4 Å². The van der Waals surface area contributed by atoms with Gasteiger partial charge in [-0.2, -0.15) is 0 Å². The molecule has 1 aromatic carbocycles. The van der Waals surface area contributed by atoms with E-state index in [1.54, 1.807) is 0 Å². The van der Waals surface area contributed by atoms with E-state index in [0.29, 0.717) is 0 Å². The molecule has 0 aliphatic heterocycles. The van der Waals surface area contributed by atoms with Crippen LogP contribution >= 0.6 is 11.6 Å². The molecule has 3 N–H and O–H groups in total. The normalized spacial score (nSPS) is 17.9. The molecule has 0 atom stereocenters. The van der Waals surface area contributed by atoms with Crippen molar-refractivity contribution >= 4 is 11.6 Å². The Morgan fingerprint density at radius 3 is 2.60 bits per heavy atom. The van der Waals surface area contributed by atoms with Crippen LogP contribution in [0, 0.1) is 11.6 Å². The van der Waals surface area contributed by atoms with E-state index in [4.69, 9.17) is 17.3 Å². The Hall–Kier alpha value is -0.870. The zero-order valence-electron chi connectivity index (χ0n) is 7.86. The molecular weight excluding hydrogens is 224 g/mol. The Kier molecular flexibility index (Phi) is 2.35. The lowest BCUT2D eigenvalue weighted by Gasteiger charge is -2.12. The molecular formula is C10H10ClF2NO. The molecule has 1 aliphatic carbocycles. The van der Waals surface area contributed by atoms with Crippen molar-refractivity contribution in [2.45, 2.75) is 24.8 Å². The summed E-state index contributed by atoms with van der Waals surface area (Å²) < 4.78 is 26.4. The lowest BCUT2D eigenvalue weighted by Crippen LogP contribution is -2.25. The molecule has 0 heterocycles. The van der Waals surface area contributed by atoms with Crippen molar-refractivity contribution in [3.05, 3.63) is 28.3 Å². The van der Waals surface area contributed by atoms with Gasteiger partial charge in [-0.05, 0) is 25.3 Å². The first-order valence-corrected chi connectivity index (χ1v) is 4.95. The molecule has 0 radical (unpaired) electrons. The van der Waals surface area contributed by atoms with Gasteiger partial charge in [-0.3, -0.25) is 0 Å². The highest BCUT2D eigenvalue weighted by molar-refractivity contribution is 6.32. The van der Waals surface area contributed by atoms with Gasteiger partial charge >= 0.3 is 0 Å². The van der Waals surface area contributed by atoms with E-state index in [1.165, 1.54) is 0 Å². The van der Waals surface area contributed by atoms with Crippen LogP contribution in [0.25, 0.3) is 0 Å². The second kappa shape index (κ2) is 3.32. The fourth-order valence-electron chi connectivity index (χ4n) is 1.49. The molecule has 5 heteroatoms. The van der Waals surface area contributed by atoms with Gasteiger partial charge in [-0.25, -0.2) is 8.78 Å². The number of nitrogens with two attached hydrogens (primary N) is 1. The monoisotopic (exact) mass is 233 g/mol. The zero-order valence-corrected chi connectivity index (χ0v) is 8.61. The van der Waals surface area contributed by atoms with E-state index in [1.807, 2.05) is 0 Å². The molecule has 2 nitrogen and oxygen atoms in total. The molecule has 82 valence electrons. The highest BCUT2D eigenvalue weighted by atomic mass is 35.5. The van der Waals surface area contributed by atoms with Crippen LogP contribution in [-0.4, -0.2) is 10.6 Å². The molecule has 0 aromatic heterocycles. The molecule has 1 aliphatic rings. The van der Waals surface area contributed by atoms with Crippen molar-refractivity contribution in [3.8, 4) is 5.75 Å². The number of aromatic hydroxyl groups is 1. The minimum atomic E-state index is -1.06. The number of phenols is 1. The Labute approximate surface area is 90.7 Å². The van der Waals surface area contributed by atoms with E-state index >= 15 is 0 Å². The van der Waals surface area contributed by atoms with Gasteiger partial charge in [0, 0.05) is 11.1 Å². The predicted octanol–water partition coefficient (Wildman–Crippen LogP) is 2.36. The van der Waals surface area contributed by atoms with Gasteiger partial charge in [0.25, 0.3) is 0 Å². The second-order valence-corrected chi connectivity index (χ2v) is 4.43. The van der Waals surface area contributed by atoms with Crippen LogP contribution in [-0.2, 0) is 6.42 Å². The smallest absolute Gasteiger partial charge is 0.165 e. The molecule has 2 rings (SSSR count). The van der Waals surface area contributed by atoms with E-state index < -0.39 is 22.9 Å². The molecule has 0 amide bonds. The van der Waals surface area contributed by atoms with Gasteiger partial charge in [0.15, 0.2) is 11.6 Å². The van der Waals surface area contributed by atoms with Crippen LogP contribution in [0.4, 0.5) is 8.78 Å². The average molecular weight is 234 g/mol. The first-order chi connectivity index (χ1) is 6.93. The van der Waals surface area contributed by atoms with Gasteiger partial charge in [-0.15, -0.1) is 0 Å². The van der Waals surface area contributed by atoms with E-state index in [9.17, 15) is 13.9 Å². The van der Waals surface area contributed by atoms with Gasteiger partial charge in [0.2, 0.25) is 0 Å². The molecule has 15 heavy (non-hydrogen) atoms. The number of benzene rings is 1. The van der Waals surface area contributed by atoms with Crippen molar-refractivity contribution in [2.24, 2.45) is 5.73 Å². The number of rotatable bonds is 2. The fraction of sp³-hybridized carbons (Fsp3) is 0.400. The molecule has 1 aromatic rings. The molecule has 1 fully saturated rings. The molecule has 1 saturated carbocycles. The largest absolute Gasteiger partial charge is 0.506 e. The van der Waals surface area contributed by atoms with Crippen molar-refractivity contribution in [3.63, 3.8) is 0 Å². The van der Waals surface area contributed by atoms with Crippen LogP contribution in [0.3, 0.4) is 0 Å². The van der Waals surface area contributed by atoms with Gasteiger partial charge in [0.05, 0.1) is 5.02 Å². The quantitative estimate of drug-likeness (QED) is 0.771. The number of hydrogen-bond acceptors (Lipinski definition) is 2. The van der Waals surface area contributed by atoms with Gasteiger partial charge < -0.3 is 10.8 Å².